The van der Waals surface area contributed by atoms with Crippen LogP contribution in [-0.4, -0.2) is 15.8 Å². The molecule has 0 aliphatic heterocycles. The Morgan fingerprint density at radius 2 is 2.18 bits per heavy atom. The second-order valence-electron chi connectivity index (χ2n) is 3.83. The minimum Gasteiger partial charge on any atom is -0.307 e. The lowest BCUT2D eigenvalue weighted by Gasteiger charge is -2.04. The van der Waals surface area contributed by atoms with Crippen molar-refractivity contribution in [3.05, 3.63) is 39.6 Å². The van der Waals surface area contributed by atoms with Gasteiger partial charge in [0.2, 0.25) is 5.91 Å². The van der Waals surface area contributed by atoms with Gasteiger partial charge in [0.25, 0.3) is 5.69 Å². The average molecular weight is 235 g/mol. The minimum atomic E-state index is -0.526. The van der Waals surface area contributed by atoms with Crippen molar-refractivity contribution < 1.29 is 9.72 Å². The predicted molar refractivity (Wildman–Crippen MR) is 63.7 cm³/mol. The number of carbonyl (C=O) groups excluding carboxylic acids is 1. The summed E-state index contributed by atoms with van der Waals surface area (Å²) < 4.78 is 0. The maximum absolute atomic E-state index is 11.4. The van der Waals surface area contributed by atoms with Crippen LogP contribution in [0.3, 0.4) is 0 Å². The molecule has 1 N–H and O–H groups in total. The number of allylic oxidation sites excluding steroid dienone is 1. The number of carbonyl (C=O) groups is 1. The Balaban J connectivity index is 2.90. The van der Waals surface area contributed by atoms with Crippen LogP contribution >= 0.6 is 0 Å². The molecule has 1 aromatic heterocycles. The van der Waals surface area contributed by atoms with Crippen molar-refractivity contribution in [3.63, 3.8) is 0 Å². The third kappa shape index (κ3) is 3.67. The molecule has 0 spiro atoms. The SMILES string of the molecule is CC(C)=CC(=O)Nc1ncc([N+](=O)[O-])cc1C. The lowest BCUT2D eigenvalue weighted by molar-refractivity contribution is -0.385. The minimum absolute atomic E-state index is 0.0947. The van der Waals surface area contributed by atoms with Crippen molar-refractivity contribution in [1.82, 2.24) is 4.98 Å². The first-order chi connectivity index (χ1) is 7.90. The van der Waals surface area contributed by atoms with Gasteiger partial charge in [-0.2, -0.15) is 0 Å². The van der Waals surface area contributed by atoms with E-state index in [1.54, 1.807) is 20.8 Å². The maximum atomic E-state index is 11.4. The first-order valence-electron chi connectivity index (χ1n) is 4.97. The molecule has 0 radical (unpaired) electrons. The highest BCUT2D eigenvalue weighted by atomic mass is 16.6. The number of nitrogens with one attached hydrogen (secondary N) is 1. The number of nitro groups is 1. The summed E-state index contributed by atoms with van der Waals surface area (Å²) in [5.41, 5.74) is 1.32. The van der Waals surface area contributed by atoms with Crippen molar-refractivity contribution in [1.29, 1.82) is 0 Å². The zero-order chi connectivity index (χ0) is 13.0. The molecule has 0 saturated heterocycles. The topological polar surface area (TPSA) is 85.1 Å². The van der Waals surface area contributed by atoms with Gasteiger partial charge >= 0.3 is 0 Å². The van der Waals surface area contributed by atoms with Gasteiger partial charge in [0.15, 0.2) is 0 Å². The number of aryl methyl sites for hydroxylation is 1. The highest BCUT2D eigenvalue weighted by Gasteiger charge is 2.10. The van der Waals surface area contributed by atoms with Crippen molar-refractivity contribution in [2.24, 2.45) is 0 Å². The Kier molecular flexibility index (Phi) is 3.92. The lowest BCUT2D eigenvalue weighted by Crippen LogP contribution is -2.11. The molecule has 1 heterocycles. The van der Waals surface area contributed by atoms with Gasteiger partial charge in [-0.05, 0) is 26.3 Å². The van der Waals surface area contributed by atoms with E-state index in [0.29, 0.717) is 11.4 Å². The summed E-state index contributed by atoms with van der Waals surface area (Å²) in [7, 11) is 0. The van der Waals surface area contributed by atoms with E-state index < -0.39 is 4.92 Å². The quantitative estimate of drug-likeness (QED) is 0.494. The first-order valence-corrected chi connectivity index (χ1v) is 4.97. The molecular formula is C11H13N3O3. The van der Waals surface area contributed by atoms with Crippen LogP contribution in [0.4, 0.5) is 11.5 Å². The van der Waals surface area contributed by atoms with Gasteiger partial charge in [-0.15, -0.1) is 0 Å². The first kappa shape index (κ1) is 12.8. The van der Waals surface area contributed by atoms with E-state index >= 15 is 0 Å². The fourth-order valence-electron chi connectivity index (χ4n) is 1.21. The van der Waals surface area contributed by atoms with Crippen LogP contribution in [0.25, 0.3) is 0 Å². The summed E-state index contributed by atoms with van der Waals surface area (Å²) in [6.07, 6.45) is 2.55. The van der Waals surface area contributed by atoms with E-state index in [4.69, 9.17) is 0 Å². The molecule has 1 aromatic rings. The molecule has 0 aliphatic rings. The van der Waals surface area contributed by atoms with Crippen LogP contribution in [0.5, 0.6) is 0 Å². The van der Waals surface area contributed by atoms with E-state index in [9.17, 15) is 14.9 Å². The van der Waals surface area contributed by atoms with Crippen LogP contribution in [-0.2, 0) is 4.79 Å². The van der Waals surface area contributed by atoms with E-state index in [-0.39, 0.29) is 11.6 Å². The monoisotopic (exact) mass is 235 g/mol. The summed E-state index contributed by atoms with van der Waals surface area (Å²) in [6, 6.07) is 1.37. The summed E-state index contributed by atoms with van der Waals surface area (Å²) in [5, 5.41) is 13.1. The highest BCUT2D eigenvalue weighted by molar-refractivity contribution is 5.99. The van der Waals surface area contributed by atoms with Gasteiger partial charge < -0.3 is 5.32 Å². The molecule has 0 aromatic carbocycles. The summed E-state index contributed by atoms with van der Waals surface area (Å²) in [6.45, 7) is 5.25. The number of aromatic nitrogens is 1. The molecule has 6 nitrogen and oxygen atoms in total. The summed E-state index contributed by atoms with van der Waals surface area (Å²) >= 11 is 0. The molecule has 0 bridgehead atoms. The third-order valence-electron chi connectivity index (χ3n) is 1.94. The normalized spacial score (nSPS) is 9.59. The molecule has 1 amide bonds. The Hall–Kier alpha value is -2.24. The van der Waals surface area contributed by atoms with Crippen molar-refractivity contribution in [2.45, 2.75) is 20.8 Å². The van der Waals surface area contributed by atoms with Gasteiger partial charge in [0.05, 0.1) is 4.92 Å². The number of rotatable bonds is 3. The third-order valence-corrected chi connectivity index (χ3v) is 1.94. The second-order valence-corrected chi connectivity index (χ2v) is 3.83. The van der Waals surface area contributed by atoms with E-state index in [2.05, 4.69) is 10.3 Å². The van der Waals surface area contributed by atoms with Gasteiger partial charge in [-0.1, -0.05) is 5.57 Å². The van der Waals surface area contributed by atoms with Crippen LogP contribution in [0.1, 0.15) is 19.4 Å². The Morgan fingerprint density at radius 3 is 2.65 bits per heavy atom. The van der Waals surface area contributed by atoms with Gasteiger partial charge in [-0.25, -0.2) is 4.98 Å². The number of hydrogen-bond donors (Lipinski definition) is 1. The molecule has 0 atom stereocenters. The fourth-order valence-corrected chi connectivity index (χ4v) is 1.21. The molecule has 0 fully saturated rings. The van der Waals surface area contributed by atoms with E-state index in [1.165, 1.54) is 12.1 Å². The maximum Gasteiger partial charge on any atom is 0.287 e. The molecular weight excluding hydrogens is 222 g/mol. The zero-order valence-electron chi connectivity index (χ0n) is 9.85. The van der Waals surface area contributed by atoms with Crippen LogP contribution in [0, 0.1) is 17.0 Å². The van der Waals surface area contributed by atoms with Crippen molar-refractivity contribution in [2.75, 3.05) is 5.32 Å². The second kappa shape index (κ2) is 5.20. The number of hydrogen-bond acceptors (Lipinski definition) is 4. The average Bonchev–Trinajstić information content (AvgIpc) is 2.19. The van der Waals surface area contributed by atoms with Gasteiger partial charge in [0, 0.05) is 12.1 Å². The van der Waals surface area contributed by atoms with E-state index in [1.807, 2.05) is 0 Å². The Bertz CT molecular complexity index is 491. The number of nitrogens with zero attached hydrogens (tertiary/aromatic N) is 2. The van der Waals surface area contributed by atoms with E-state index in [0.717, 1.165) is 11.8 Å². The highest BCUT2D eigenvalue weighted by Crippen LogP contribution is 2.17. The lowest BCUT2D eigenvalue weighted by atomic mass is 10.2. The summed E-state index contributed by atoms with van der Waals surface area (Å²) in [4.78, 5) is 25.3. The van der Waals surface area contributed by atoms with Crippen LogP contribution < -0.4 is 5.32 Å². The van der Waals surface area contributed by atoms with Crippen molar-refractivity contribution >= 4 is 17.4 Å². The fraction of sp³-hybridized carbons (Fsp3) is 0.273. The Morgan fingerprint density at radius 1 is 1.53 bits per heavy atom. The number of amides is 1. The molecule has 1 rings (SSSR count). The Labute approximate surface area is 98.5 Å². The largest absolute Gasteiger partial charge is 0.307 e. The molecule has 90 valence electrons. The molecule has 0 aliphatic carbocycles. The predicted octanol–water partition coefficient (Wildman–Crippen LogP) is 2.20. The van der Waals surface area contributed by atoms with Crippen molar-refractivity contribution in [3.8, 4) is 0 Å². The molecule has 0 unspecified atom stereocenters. The smallest absolute Gasteiger partial charge is 0.287 e. The van der Waals surface area contributed by atoms with Gasteiger partial charge in [-0.3, -0.25) is 14.9 Å². The number of pyridine rings is 1. The van der Waals surface area contributed by atoms with Crippen LogP contribution in [0.2, 0.25) is 0 Å². The summed E-state index contributed by atoms with van der Waals surface area (Å²) in [5.74, 6) is 0.0348. The van der Waals surface area contributed by atoms with Gasteiger partial charge in [0.1, 0.15) is 12.0 Å². The zero-order valence-corrected chi connectivity index (χ0v) is 9.85. The van der Waals surface area contributed by atoms with Crippen LogP contribution in [0.15, 0.2) is 23.9 Å². The molecule has 6 heteroatoms. The molecule has 0 saturated carbocycles. The standard InChI is InChI=1S/C11H13N3O3/c1-7(2)4-10(15)13-11-8(3)5-9(6-12-11)14(16)17/h4-6H,1-3H3,(H,12,13,15). The molecule has 17 heavy (non-hydrogen) atoms. The number of anilines is 1.